The lowest BCUT2D eigenvalue weighted by Crippen LogP contribution is -1.91. The van der Waals surface area contributed by atoms with Gasteiger partial charge < -0.3 is 10.2 Å². The summed E-state index contributed by atoms with van der Waals surface area (Å²) in [4.78, 5) is 9.95. The van der Waals surface area contributed by atoms with Crippen molar-refractivity contribution in [1.82, 2.24) is 0 Å². The molecular formula is C7H12O3. The lowest BCUT2D eigenvalue weighted by atomic mass is 10.3. The summed E-state index contributed by atoms with van der Waals surface area (Å²) in [5, 5.41) is 16.5. The van der Waals surface area contributed by atoms with E-state index in [0.29, 0.717) is 12.8 Å². The van der Waals surface area contributed by atoms with E-state index in [0.717, 1.165) is 0 Å². The van der Waals surface area contributed by atoms with Gasteiger partial charge in [-0.3, -0.25) is 4.79 Å². The van der Waals surface area contributed by atoms with Crippen LogP contribution >= 0.6 is 0 Å². The van der Waals surface area contributed by atoms with E-state index in [1.807, 2.05) is 0 Å². The van der Waals surface area contributed by atoms with Gasteiger partial charge in [0, 0.05) is 13.0 Å². The van der Waals surface area contributed by atoms with E-state index in [1.54, 1.807) is 12.2 Å². The maximum atomic E-state index is 9.95. The molecule has 0 spiro atoms. The van der Waals surface area contributed by atoms with Gasteiger partial charge in [-0.05, 0) is 12.8 Å². The van der Waals surface area contributed by atoms with Crippen molar-refractivity contribution < 1.29 is 15.0 Å². The molecule has 3 nitrogen and oxygen atoms in total. The highest BCUT2D eigenvalue weighted by Crippen LogP contribution is 1.91. The second kappa shape index (κ2) is 6.29. The zero-order valence-corrected chi connectivity index (χ0v) is 5.79. The van der Waals surface area contributed by atoms with Crippen LogP contribution in [0.1, 0.15) is 19.3 Å². The summed E-state index contributed by atoms with van der Waals surface area (Å²) in [6.45, 7) is 0.129. The number of carboxylic acid groups (broad SMARTS) is 1. The zero-order valence-electron chi connectivity index (χ0n) is 5.79. The van der Waals surface area contributed by atoms with Gasteiger partial charge in [-0.2, -0.15) is 0 Å². The fraction of sp³-hybridized carbons (Fsp3) is 0.571. The van der Waals surface area contributed by atoms with Crippen LogP contribution in [0, 0.1) is 0 Å². The van der Waals surface area contributed by atoms with Gasteiger partial charge in [-0.1, -0.05) is 12.2 Å². The number of allylic oxidation sites excluding steroid dienone is 1. The molecule has 0 aromatic rings. The summed E-state index contributed by atoms with van der Waals surface area (Å²) in [6.07, 6.45) is 4.88. The van der Waals surface area contributed by atoms with Crippen molar-refractivity contribution in [2.45, 2.75) is 19.3 Å². The molecule has 0 rings (SSSR count). The van der Waals surface area contributed by atoms with Crippen LogP contribution in [0.5, 0.6) is 0 Å². The Hall–Kier alpha value is -0.830. The van der Waals surface area contributed by atoms with Crippen molar-refractivity contribution in [3.8, 4) is 0 Å². The number of hydrogen-bond acceptors (Lipinski definition) is 2. The van der Waals surface area contributed by atoms with Gasteiger partial charge >= 0.3 is 5.97 Å². The third kappa shape index (κ3) is 7.17. The Kier molecular flexibility index (Phi) is 5.77. The minimum absolute atomic E-state index is 0.129. The first kappa shape index (κ1) is 9.17. The van der Waals surface area contributed by atoms with Crippen LogP contribution in [-0.4, -0.2) is 22.8 Å². The largest absolute Gasteiger partial charge is 0.481 e. The highest BCUT2D eigenvalue weighted by molar-refractivity contribution is 5.66. The minimum Gasteiger partial charge on any atom is -0.481 e. The molecule has 0 heterocycles. The molecule has 0 saturated carbocycles. The Morgan fingerprint density at radius 2 is 1.90 bits per heavy atom. The molecule has 0 aliphatic heterocycles. The van der Waals surface area contributed by atoms with Crippen molar-refractivity contribution in [1.29, 1.82) is 0 Å². The van der Waals surface area contributed by atoms with Crippen molar-refractivity contribution in [3.05, 3.63) is 12.2 Å². The van der Waals surface area contributed by atoms with E-state index in [9.17, 15) is 4.79 Å². The number of aliphatic hydroxyl groups is 1. The summed E-state index contributed by atoms with van der Waals surface area (Å²) < 4.78 is 0. The van der Waals surface area contributed by atoms with Gasteiger partial charge in [0.15, 0.2) is 0 Å². The summed E-state index contributed by atoms with van der Waals surface area (Å²) in [6, 6.07) is 0. The van der Waals surface area contributed by atoms with E-state index in [2.05, 4.69) is 0 Å². The van der Waals surface area contributed by atoms with Crippen molar-refractivity contribution in [2.24, 2.45) is 0 Å². The average molecular weight is 144 g/mol. The van der Waals surface area contributed by atoms with E-state index in [-0.39, 0.29) is 13.0 Å². The first-order valence-corrected chi connectivity index (χ1v) is 3.25. The molecular weight excluding hydrogens is 132 g/mol. The Bertz CT molecular complexity index is 118. The molecule has 0 bridgehead atoms. The molecule has 0 atom stereocenters. The Morgan fingerprint density at radius 3 is 2.40 bits per heavy atom. The van der Waals surface area contributed by atoms with E-state index < -0.39 is 5.97 Å². The molecule has 0 aliphatic carbocycles. The van der Waals surface area contributed by atoms with Crippen LogP contribution in [0.3, 0.4) is 0 Å². The monoisotopic (exact) mass is 144 g/mol. The van der Waals surface area contributed by atoms with Crippen LogP contribution in [0.25, 0.3) is 0 Å². The molecule has 0 aliphatic rings. The van der Waals surface area contributed by atoms with Gasteiger partial charge in [0.25, 0.3) is 0 Å². The Morgan fingerprint density at radius 1 is 1.30 bits per heavy atom. The van der Waals surface area contributed by atoms with Crippen LogP contribution in [0.15, 0.2) is 12.2 Å². The molecule has 3 heteroatoms. The SMILES string of the molecule is O=C(O)CC/C=C\CCO. The number of aliphatic carboxylic acids is 1. The average Bonchev–Trinajstić information content (AvgIpc) is 1.87. The highest BCUT2D eigenvalue weighted by Gasteiger charge is 1.90. The smallest absolute Gasteiger partial charge is 0.303 e. The van der Waals surface area contributed by atoms with Gasteiger partial charge in [-0.25, -0.2) is 0 Å². The zero-order chi connectivity index (χ0) is 7.82. The van der Waals surface area contributed by atoms with Gasteiger partial charge in [0.1, 0.15) is 0 Å². The molecule has 10 heavy (non-hydrogen) atoms. The third-order valence-electron chi connectivity index (χ3n) is 0.987. The van der Waals surface area contributed by atoms with E-state index in [4.69, 9.17) is 10.2 Å². The lowest BCUT2D eigenvalue weighted by molar-refractivity contribution is -0.136. The molecule has 0 fully saturated rings. The van der Waals surface area contributed by atoms with Gasteiger partial charge in [-0.15, -0.1) is 0 Å². The summed E-state index contributed by atoms with van der Waals surface area (Å²) in [5.74, 6) is -0.784. The first-order valence-electron chi connectivity index (χ1n) is 3.25. The predicted molar refractivity (Wildman–Crippen MR) is 37.7 cm³/mol. The Labute approximate surface area is 60.0 Å². The molecule has 58 valence electrons. The second-order valence-electron chi connectivity index (χ2n) is 1.92. The molecule has 0 aromatic heterocycles. The third-order valence-corrected chi connectivity index (χ3v) is 0.987. The maximum Gasteiger partial charge on any atom is 0.303 e. The first-order chi connectivity index (χ1) is 4.77. The van der Waals surface area contributed by atoms with Crippen LogP contribution < -0.4 is 0 Å². The number of rotatable bonds is 5. The lowest BCUT2D eigenvalue weighted by Gasteiger charge is -1.86. The predicted octanol–water partition coefficient (Wildman–Crippen LogP) is 0.790. The number of carbonyl (C=O) groups is 1. The number of carboxylic acids is 1. The van der Waals surface area contributed by atoms with E-state index in [1.165, 1.54) is 0 Å². The van der Waals surface area contributed by atoms with Crippen molar-refractivity contribution in [3.63, 3.8) is 0 Å². The van der Waals surface area contributed by atoms with E-state index >= 15 is 0 Å². The summed E-state index contributed by atoms with van der Waals surface area (Å²) >= 11 is 0. The van der Waals surface area contributed by atoms with Crippen LogP contribution in [-0.2, 0) is 4.79 Å². The van der Waals surface area contributed by atoms with Gasteiger partial charge in [0.05, 0.1) is 0 Å². The summed E-state index contributed by atoms with van der Waals surface area (Å²) in [7, 11) is 0. The van der Waals surface area contributed by atoms with Crippen LogP contribution in [0.4, 0.5) is 0 Å². The Balaban J connectivity index is 3.10. The standard InChI is InChI=1S/C7H12O3/c8-6-4-2-1-3-5-7(9)10/h1-2,8H,3-6H2,(H,9,10)/b2-1-. The molecule has 0 saturated heterocycles. The topological polar surface area (TPSA) is 57.5 Å². The molecule has 0 amide bonds. The second-order valence-corrected chi connectivity index (χ2v) is 1.92. The van der Waals surface area contributed by atoms with Crippen LogP contribution in [0.2, 0.25) is 0 Å². The van der Waals surface area contributed by atoms with Gasteiger partial charge in [0.2, 0.25) is 0 Å². The number of hydrogen-bond donors (Lipinski definition) is 2. The summed E-state index contributed by atoms with van der Waals surface area (Å²) in [5.41, 5.74) is 0. The maximum absolute atomic E-state index is 9.95. The molecule has 0 aromatic carbocycles. The fourth-order valence-electron chi connectivity index (χ4n) is 0.517. The fourth-order valence-corrected chi connectivity index (χ4v) is 0.517. The molecule has 0 radical (unpaired) electrons. The van der Waals surface area contributed by atoms with Crippen molar-refractivity contribution >= 4 is 5.97 Å². The van der Waals surface area contributed by atoms with Crippen molar-refractivity contribution in [2.75, 3.05) is 6.61 Å². The highest BCUT2D eigenvalue weighted by atomic mass is 16.4. The normalized spacial score (nSPS) is 10.5. The number of aliphatic hydroxyl groups excluding tert-OH is 1. The molecule has 0 unspecified atom stereocenters. The quantitative estimate of drug-likeness (QED) is 0.561. The molecule has 2 N–H and O–H groups in total. The minimum atomic E-state index is -0.784.